The quantitative estimate of drug-likeness (QED) is 0.730. The maximum atomic E-state index is 13.3. The topological polar surface area (TPSA) is 15.3 Å². The first-order valence-electron chi connectivity index (χ1n) is 7.75. The zero-order chi connectivity index (χ0) is 16.0. The highest BCUT2D eigenvalue weighted by molar-refractivity contribution is 9.10. The van der Waals surface area contributed by atoms with Crippen molar-refractivity contribution in [3.8, 4) is 0 Å². The van der Waals surface area contributed by atoms with E-state index in [-0.39, 0.29) is 11.9 Å². The normalized spacial score (nSPS) is 14.7. The van der Waals surface area contributed by atoms with Gasteiger partial charge in [0.05, 0.1) is 4.47 Å². The Labute approximate surface area is 137 Å². The van der Waals surface area contributed by atoms with Gasteiger partial charge in [0.15, 0.2) is 0 Å². The summed E-state index contributed by atoms with van der Waals surface area (Å²) in [7, 11) is 4.29. The lowest BCUT2D eigenvalue weighted by molar-refractivity contribution is 0.190. The van der Waals surface area contributed by atoms with Crippen molar-refractivity contribution in [1.82, 2.24) is 10.2 Å². The second-order valence-corrected chi connectivity index (χ2v) is 6.77. The van der Waals surface area contributed by atoms with E-state index in [9.17, 15) is 4.39 Å². The molecule has 2 atom stereocenters. The Kier molecular flexibility index (Phi) is 7.85. The van der Waals surface area contributed by atoms with Crippen molar-refractivity contribution in [2.45, 2.75) is 45.7 Å². The van der Waals surface area contributed by atoms with Crippen LogP contribution in [0.5, 0.6) is 0 Å². The van der Waals surface area contributed by atoms with E-state index in [1.807, 2.05) is 12.1 Å². The molecule has 0 amide bonds. The van der Waals surface area contributed by atoms with E-state index >= 15 is 0 Å². The highest BCUT2D eigenvalue weighted by Gasteiger charge is 2.21. The Morgan fingerprint density at radius 1 is 1.24 bits per heavy atom. The zero-order valence-corrected chi connectivity index (χ0v) is 15.4. The van der Waals surface area contributed by atoms with Crippen LogP contribution in [0.2, 0.25) is 0 Å². The lowest BCUT2D eigenvalue weighted by Gasteiger charge is -2.32. The Morgan fingerprint density at radius 3 is 2.33 bits per heavy atom. The molecule has 0 spiro atoms. The van der Waals surface area contributed by atoms with Gasteiger partial charge in [0.1, 0.15) is 5.82 Å². The van der Waals surface area contributed by atoms with E-state index in [0.717, 1.165) is 12.1 Å². The predicted octanol–water partition coefficient (Wildman–Crippen LogP) is 4.61. The number of nitrogens with one attached hydrogen (secondary N) is 1. The van der Waals surface area contributed by atoms with E-state index in [1.165, 1.54) is 18.9 Å². The maximum Gasteiger partial charge on any atom is 0.137 e. The molecular formula is C17H28BrFN2. The molecule has 1 aromatic rings. The first-order valence-corrected chi connectivity index (χ1v) is 8.54. The number of hydrogen-bond donors (Lipinski definition) is 1. The second kappa shape index (κ2) is 8.86. The number of likely N-dealkylation sites (N-methyl/N-ethyl adjacent to an activating group) is 1. The molecule has 0 saturated heterocycles. The first kappa shape index (κ1) is 18.6. The Balaban J connectivity index is 2.68. The van der Waals surface area contributed by atoms with E-state index in [0.29, 0.717) is 16.4 Å². The number of nitrogens with zero attached hydrogens (tertiary/aromatic N) is 1. The predicted molar refractivity (Wildman–Crippen MR) is 92.1 cm³/mol. The second-order valence-electron chi connectivity index (χ2n) is 5.91. The lowest BCUT2D eigenvalue weighted by atomic mass is 9.93. The molecule has 0 fully saturated rings. The molecule has 0 radical (unpaired) electrons. The van der Waals surface area contributed by atoms with Gasteiger partial charge < -0.3 is 10.2 Å². The SMILES string of the molecule is CCC(CC)C(CNC(C)c1ccc(F)c(Br)c1)N(C)C. The first-order chi connectivity index (χ1) is 9.90. The number of rotatable bonds is 8. The lowest BCUT2D eigenvalue weighted by Crippen LogP contribution is -2.43. The van der Waals surface area contributed by atoms with Crippen molar-refractivity contribution in [3.05, 3.63) is 34.1 Å². The van der Waals surface area contributed by atoms with Crippen LogP contribution >= 0.6 is 15.9 Å². The smallest absolute Gasteiger partial charge is 0.137 e. The molecule has 1 N–H and O–H groups in total. The van der Waals surface area contributed by atoms with Gasteiger partial charge in [0.2, 0.25) is 0 Å². The minimum absolute atomic E-state index is 0.207. The molecule has 0 bridgehead atoms. The Hall–Kier alpha value is -0.450. The van der Waals surface area contributed by atoms with Gasteiger partial charge in [-0.15, -0.1) is 0 Å². The van der Waals surface area contributed by atoms with Crippen molar-refractivity contribution < 1.29 is 4.39 Å². The van der Waals surface area contributed by atoms with Gasteiger partial charge in [-0.2, -0.15) is 0 Å². The monoisotopic (exact) mass is 358 g/mol. The van der Waals surface area contributed by atoms with Gasteiger partial charge in [0.25, 0.3) is 0 Å². The summed E-state index contributed by atoms with van der Waals surface area (Å²) in [6, 6.07) is 5.95. The van der Waals surface area contributed by atoms with Crippen molar-refractivity contribution in [3.63, 3.8) is 0 Å². The molecule has 2 unspecified atom stereocenters. The molecule has 0 heterocycles. The molecule has 0 aromatic heterocycles. The number of benzene rings is 1. The third-order valence-electron chi connectivity index (χ3n) is 4.33. The summed E-state index contributed by atoms with van der Waals surface area (Å²) >= 11 is 3.25. The highest BCUT2D eigenvalue weighted by atomic mass is 79.9. The average molecular weight is 359 g/mol. The van der Waals surface area contributed by atoms with Gasteiger partial charge in [-0.05, 0) is 60.6 Å². The fraction of sp³-hybridized carbons (Fsp3) is 0.647. The number of hydrogen-bond acceptors (Lipinski definition) is 2. The molecule has 0 saturated carbocycles. The minimum Gasteiger partial charge on any atom is -0.309 e. The fourth-order valence-electron chi connectivity index (χ4n) is 2.80. The fourth-order valence-corrected chi connectivity index (χ4v) is 3.20. The third kappa shape index (κ3) is 5.35. The molecular weight excluding hydrogens is 331 g/mol. The molecule has 1 aromatic carbocycles. The minimum atomic E-state index is -0.214. The summed E-state index contributed by atoms with van der Waals surface area (Å²) in [5, 5.41) is 3.59. The summed E-state index contributed by atoms with van der Waals surface area (Å²) in [6.07, 6.45) is 2.38. The third-order valence-corrected chi connectivity index (χ3v) is 4.94. The molecule has 4 heteroatoms. The van der Waals surface area contributed by atoms with E-state index in [4.69, 9.17) is 0 Å². The van der Waals surface area contributed by atoms with Gasteiger partial charge in [-0.3, -0.25) is 0 Å². The summed E-state index contributed by atoms with van der Waals surface area (Å²) in [5.74, 6) is 0.480. The summed E-state index contributed by atoms with van der Waals surface area (Å²) in [6.45, 7) is 7.57. The van der Waals surface area contributed by atoms with Crippen LogP contribution in [0.15, 0.2) is 22.7 Å². The maximum absolute atomic E-state index is 13.3. The van der Waals surface area contributed by atoms with Crippen LogP contribution in [-0.2, 0) is 0 Å². The van der Waals surface area contributed by atoms with Gasteiger partial charge >= 0.3 is 0 Å². The molecule has 21 heavy (non-hydrogen) atoms. The Morgan fingerprint density at radius 2 is 1.86 bits per heavy atom. The van der Waals surface area contributed by atoms with Crippen LogP contribution in [0.1, 0.15) is 45.2 Å². The van der Waals surface area contributed by atoms with Crippen LogP contribution in [0, 0.1) is 11.7 Å². The average Bonchev–Trinajstić information content (AvgIpc) is 2.45. The summed E-state index contributed by atoms with van der Waals surface area (Å²) < 4.78 is 13.8. The van der Waals surface area contributed by atoms with Crippen LogP contribution in [0.3, 0.4) is 0 Å². The molecule has 0 aliphatic rings. The number of halogens is 2. The van der Waals surface area contributed by atoms with Crippen LogP contribution < -0.4 is 5.32 Å². The molecule has 0 aliphatic heterocycles. The molecule has 1 rings (SSSR count). The van der Waals surface area contributed by atoms with E-state index < -0.39 is 0 Å². The van der Waals surface area contributed by atoms with Crippen molar-refractivity contribution in [1.29, 1.82) is 0 Å². The van der Waals surface area contributed by atoms with Crippen LogP contribution in [-0.4, -0.2) is 31.6 Å². The zero-order valence-electron chi connectivity index (χ0n) is 13.8. The van der Waals surface area contributed by atoms with Crippen molar-refractivity contribution in [2.24, 2.45) is 5.92 Å². The van der Waals surface area contributed by atoms with Crippen LogP contribution in [0.25, 0.3) is 0 Å². The van der Waals surface area contributed by atoms with Gasteiger partial charge in [0, 0.05) is 18.6 Å². The van der Waals surface area contributed by atoms with Crippen molar-refractivity contribution >= 4 is 15.9 Å². The highest BCUT2D eigenvalue weighted by Crippen LogP contribution is 2.22. The van der Waals surface area contributed by atoms with E-state index in [2.05, 4.69) is 61.0 Å². The van der Waals surface area contributed by atoms with Crippen molar-refractivity contribution in [2.75, 3.05) is 20.6 Å². The molecule has 120 valence electrons. The molecule has 0 aliphatic carbocycles. The summed E-state index contributed by atoms with van der Waals surface area (Å²) in [5.41, 5.74) is 1.10. The Bertz CT molecular complexity index is 433. The largest absolute Gasteiger partial charge is 0.309 e. The van der Waals surface area contributed by atoms with E-state index in [1.54, 1.807) is 0 Å². The summed E-state index contributed by atoms with van der Waals surface area (Å²) in [4.78, 5) is 2.30. The standard InChI is InChI=1S/C17H28BrFN2/c1-6-13(7-2)17(21(4)5)11-20-12(3)14-8-9-16(19)15(18)10-14/h8-10,12-13,17,20H,6-7,11H2,1-5H3. The van der Waals surface area contributed by atoms with Gasteiger partial charge in [-0.1, -0.05) is 32.8 Å². The van der Waals surface area contributed by atoms with Crippen LogP contribution in [0.4, 0.5) is 4.39 Å². The molecule has 2 nitrogen and oxygen atoms in total. The van der Waals surface area contributed by atoms with Gasteiger partial charge in [-0.25, -0.2) is 4.39 Å².